The number of hydrogen-bond donors (Lipinski definition) is 0. The highest BCUT2D eigenvalue weighted by molar-refractivity contribution is 8.51. The number of nitrogens with zero attached hydrogens (tertiary/aromatic N) is 2. The lowest BCUT2D eigenvalue weighted by atomic mass is 10.0. The number of fused-ring (bicyclic) bond motifs is 2. The summed E-state index contributed by atoms with van der Waals surface area (Å²) in [6.45, 7) is 8.98. The second kappa shape index (κ2) is 5.31. The maximum Gasteiger partial charge on any atom is 0.246 e. The van der Waals surface area contributed by atoms with Gasteiger partial charge in [-0.25, -0.2) is 0 Å². The molecule has 0 aliphatic carbocycles. The van der Waals surface area contributed by atoms with Crippen molar-refractivity contribution in [2.45, 2.75) is 63.7 Å². The Morgan fingerprint density at radius 3 is 2.36 bits per heavy atom. The van der Waals surface area contributed by atoms with Crippen LogP contribution in [0.4, 0.5) is 0 Å². The van der Waals surface area contributed by atoms with E-state index in [1.165, 1.54) is 0 Å². The molecule has 0 unspecified atom stereocenters. The van der Waals surface area contributed by atoms with Crippen LogP contribution in [0.25, 0.3) is 0 Å². The molecule has 0 atom stereocenters. The quantitative estimate of drug-likeness (QED) is 0.741. The van der Waals surface area contributed by atoms with Gasteiger partial charge in [0.05, 0.1) is 4.90 Å². The zero-order valence-corrected chi connectivity index (χ0v) is 15.7. The molecule has 0 fully saturated rings. The smallest absolute Gasteiger partial charge is 0.246 e. The topological polar surface area (TPSA) is 92.3 Å². The molecule has 1 aromatic rings. The molecule has 3 rings (SSSR count). The summed E-state index contributed by atoms with van der Waals surface area (Å²) in [7, 11) is -3.04. The van der Waals surface area contributed by atoms with Gasteiger partial charge in [-0.15, -0.1) is 0 Å². The molecule has 0 N–H and O–H groups in total. The van der Waals surface area contributed by atoms with Gasteiger partial charge in [-0.3, -0.25) is 4.79 Å². The van der Waals surface area contributed by atoms with Crippen molar-refractivity contribution in [3.8, 4) is 28.1 Å². The summed E-state index contributed by atoms with van der Waals surface area (Å²) in [5, 5.41) is 23.4. The normalized spacial score (nSPS) is 19.3. The Hall–Kier alpha value is -2.38. The van der Waals surface area contributed by atoms with E-state index in [0.717, 1.165) is 0 Å². The van der Waals surface area contributed by atoms with Crippen molar-refractivity contribution in [2.75, 3.05) is 0 Å². The van der Waals surface area contributed by atoms with Crippen molar-refractivity contribution in [3.63, 3.8) is 0 Å². The summed E-state index contributed by atoms with van der Waals surface area (Å²) in [6.07, 6.45) is 0.591. The average Bonchev–Trinajstić information content (AvgIpc) is 2.99. The van der Waals surface area contributed by atoms with Gasteiger partial charge in [0.1, 0.15) is 22.2 Å². The van der Waals surface area contributed by atoms with Crippen LogP contribution in [0.1, 0.15) is 46.6 Å². The lowest BCUT2D eigenvalue weighted by Crippen LogP contribution is -2.30. The van der Waals surface area contributed by atoms with Crippen molar-refractivity contribution in [1.82, 2.24) is 0 Å². The summed E-state index contributed by atoms with van der Waals surface area (Å²) in [5.41, 5.74) is 0.206. The highest BCUT2D eigenvalue weighted by Crippen LogP contribution is 2.66. The molecule has 7 heteroatoms. The Bertz CT molecular complexity index is 805. The molecule has 0 bridgehead atoms. The third kappa shape index (κ3) is 2.51. The summed E-state index contributed by atoms with van der Waals surface area (Å²) in [6, 6.07) is 1.73. The third-order valence-corrected chi connectivity index (χ3v) is 6.73. The predicted molar refractivity (Wildman–Crippen MR) is 92.6 cm³/mol. The first-order chi connectivity index (χ1) is 11.6. The minimum atomic E-state index is -3.04. The van der Waals surface area contributed by atoms with Crippen LogP contribution in [-0.2, 0) is 11.2 Å². The van der Waals surface area contributed by atoms with Crippen LogP contribution in [0.5, 0.6) is 17.2 Å². The summed E-state index contributed by atoms with van der Waals surface area (Å²) >= 11 is 0. The molecular formula is C18H20N2O4S. The lowest BCUT2D eigenvalue weighted by Gasteiger charge is -2.26. The number of ether oxygens (including phenoxy) is 3. The van der Waals surface area contributed by atoms with Crippen LogP contribution in [0.2, 0.25) is 0 Å². The van der Waals surface area contributed by atoms with E-state index in [1.54, 1.807) is 26.8 Å². The summed E-state index contributed by atoms with van der Waals surface area (Å²) in [5.74, 6) is 0.339. The minimum absolute atomic E-state index is 0.101. The minimum Gasteiger partial charge on any atom is -0.487 e. The largest absolute Gasteiger partial charge is 0.487 e. The number of hydrogen-bond acceptors (Lipinski definition) is 6. The van der Waals surface area contributed by atoms with E-state index in [1.807, 2.05) is 24.6 Å². The highest BCUT2D eigenvalue weighted by Gasteiger charge is 2.48. The number of thiocyanates is 2. The van der Waals surface area contributed by atoms with Gasteiger partial charge in [0.15, 0.2) is 11.5 Å². The van der Waals surface area contributed by atoms with Gasteiger partial charge in [0.25, 0.3) is 0 Å². The van der Waals surface area contributed by atoms with E-state index in [0.29, 0.717) is 34.1 Å². The van der Waals surface area contributed by atoms with Gasteiger partial charge in [0, 0.05) is 48.3 Å². The molecule has 6 nitrogen and oxygen atoms in total. The predicted octanol–water partition coefficient (Wildman–Crippen LogP) is 3.97. The average molecular weight is 360 g/mol. The van der Waals surface area contributed by atoms with Crippen molar-refractivity contribution < 1.29 is 19.0 Å². The maximum absolute atomic E-state index is 12.7. The summed E-state index contributed by atoms with van der Waals surface area (Å²) < 4.78 is 17.7. The van der Waals surface area contributed by atoms with Gasteiger partial charge in [-0.1, -0.05) is 6.92 Å². The Morgan fingerprint density at radius 2 is 1.80 bits per heavy atom. The lowest BCUT2D eigenvalue weighted by molar-refractivity contribution is -0.111. The SMILES string of the molecule is CCC(=O)S(C#N)(C#N)c1c2c(cc3c1OC(C)(C)O3)OC(C)(C)C2. The first-order valence-corrected chi connectivity index (χ1v) is 9.67. The summed E-state index contributed by atoms with van der Waals surface area (Å²) in [4.78, 5) is 13.0. The molecule has 0 saturated heterocycles. The van der Waals surface area contributed by atoms with Gasteiger partial charge in [-0.05, 0) is 13.8 Å². The highest BCUT2D eigenvalue weighted by atomic mass is 32.3. The van der Waals surface area contributed by atoms with Crippen molar-refractivity contribution >= 4 is 15.1 Å². The van der Waals surface area contributed by atoms with Gasteiger partial charge in [0.2, 0.25) is 10.9 Å². The van der Waals surface area contributed by atoms with Crippen molar-refractivity contribution in [3.05, 3.63) is 11.6 Å². The fraction of sp³-hybridized carbons (Fsp3) is 0.500. The van der Waals surface area contributed by atoms with Gasteiger partial charge in [-0.2, -0.15) is 10.5 Å². The Labute approximate surface area is 148 Å². The van der Waals surface area contributed by atoms with E-state index in [4.69, 9.17) is 14.2 Å². The number of benzene rings is 1. The monoisotopic (exact) mass is 360 g/mol. The van der Waals surface area contributed by atoms with Crippen molar-refractivity contribution in [1.29, 1.82) is 10.5 Å². The number of nitriles is 2. The third-order valence-electron chi connectivity index (χ3n) is 4.17. The van der Waals surface area contributed by atoms with Crippen LogP contribution in [-0.4, -0.2) is 16.5 Å². The van der Waals surface area contributed by atoms with Crippen molar-refractivity contribution in [2.24, 2.45) is 0 Å². The molecule has 0 amide bonds. The van der Waals surface area contributed by atoms with Crippen LogP contribution in [0, 0.1) is 21.3 Å². The van der Waals surface area contributed by atoms with Crippen LogP contribution < -0.4 is 14.2 Å². The molecule has 0 aromatic heterocycles. The maximum atomic E-state index is 12.7. The van der Waals surface area contributed by atoms with Crippen LogP contribution in [0.15, 0.2) is 11.0 Å². The number of carbonyl (C=O) groups is 1. The first kappa shape index (κ1) is 17.4. The van der Waals surface area contributed by atoms with Crippen LogP contribution >= 0.6 is 10.0 Å². The molecule has 25 heavy (non-hydrogen) atoms. The molecular weight excluding hydrogens is 340 g/mol. The molecule has 0 radical (unpaired) electrons. The molecule has 2 aliphatic heterocycles. The standard InChI is InChI=1S/C18H20N2O4S/c1-6-14(21)25(9-19,10-20)16-11-8-17(2,3)22-12(11)7-13-15(16)24-18(4,5)23-13/h7H,6,8H2,1-5H3. The fourth-order valence-corrected chi connectivity index (χ4v) is 5.27. The van der Waals surface area contributed by atoms with E-state index < -0.39 is 21.4 Å². The fourth-order valence-electron chi connectivity index (χ4n) is 3.22. The first-order valence-electron chi connectivity index (χ1n) is 8.04. The second-order valence-corrected chi connectivity index (χ2v) is 9.63. The Kier molecular flexibility index (Phi) is 3.70. The van der Waals surface area contributed by atoms with E-state index in [-0.39, 0.29) is 11.5 Å². The molecule has 1 aromatic carbocycles. The van der Waals surface area contributed by atoms with Crippen LogP contribution in [0.3, 0.4) is 0 Å². The second-order valence-electron chi connectivity index (χ2n) is 7.17. The molecule has 0 saturated carbocycles. The zero-order chi connectivity index (χ0) is 18.6. The van der Waals surface area contributed by atoms with E-state index in [2.05, 4.69) is 0 Å². The zero-order valence-electron chi connectivity index (χ0n) is 14.9. The van der Waals surface area contributed by atoms with E-state index in [9.17, 15) is 15.3 Å². The number of rotatable bonds is 2. The Morgan fingerprint density at radius 1 is 1.16 bits per heavy atom. The Balaban J connectivity index is 2.36. The van der Waals surface area contributed by atoms with Gasteiger partial charge >= 0.3 is 0 Å². The van der Waals surface area contributed by atoms with Gasteiger partial charge < -0.3 is 14.2 Å². The molecule has 0 spiro atoms. The molecule has 2 aliphatic rings. The number of carbonyl (C=O) groups excluding carboxylic acids is 1. The molecule has 2 heterocycles. The molecule has 132 valence electrons. The van der Waals surface area contributed by atoms with E-state index >= 15 is 0 Å².